The summed E-state index contributed by atoms with van der Waals surface area (Å²) in [6, 6.07) is 4.91. The van der Waals surface area contributed by atoms with Gasteiger partial charge in [0.1, 0.15) is 0 Å². The van der Waals surface area contributed by atoms with E-state index < -0.39 is 4.92 Å². The number of nitrogens with one attached hydrogen (secondary N) is 1. The fourth-order valence-corrected chi connectivity index (χ4v) is 2.45. The van der Waals surface area contributed by atoms with Crippen LogP contribution in [0.3, 0.4) is 0 Å². The summed E-state index contributed by atoms with van der Waals surface area (Å²) in [5, 5.41) is 24.1. The molecule has 116 valence electrons. The molecule has 1 aromatic carbocycles. The average Bonchev–Trinajstić information content (AvgIpc) is 2.37. The number of anilines is 1. The van der Waals surface area contributed by atoms with E-state index in [2.05, 4.69) is 5.32 Å². The van der Waals surface area contributed by atoms with Crippen LogP contribution in [0.4, 0.5) is 11.4 Å². The number of rotatable bonds is 5. The molecular weight excluding hydrogens is 272 g/mol. The first-order chi connectivity index (χ1) is 9.71. The SMILES string of the molecule is CC(C)Oc1cc(NC2CC(O)C2(C)C)ccc1[N+](=O)[O-]. The Morgan fingerprint density at radius 3 is 2.62 bits per heavy atom. The van der Waals surface area contributed by atoms with E-state index >= 15 is 0 Å². The van der Waals surface area contributed by atoms with E-state index in [1.807, 2.05) is 27.7 Å². The Labute approximate surface area is 124 Å². The monoisotopic (exact) mass is 294 g/mol. The van der Waals surface area contributed by atoms with Gasteiger partial charge in [0.2, 0.25) is 0 Å². The van der Waals surface area contributed by atoms with Gasteiger partial charge in [-0.15, -0.1) is 0 Å². The largest absolute Gasteiger partial charge is 0.484 e. The number of nitrogens with zero attached hydrogens (tertiary/aromatic N) is 1. The molecule has 0 saturated heterocycles. The van der Waals surface area contributed by atoms with Crippen molar-refractivity contribution in [3.63, 3.8) is 0 Å². The third-order valence-electron chi connectivity index (χ3n) is 4.08. The molecule has 0 bridgehead atoms. The molecule has 21 heavy (non-hydrogen) atoms. The average molecular weight is 294 g/mol. The van der Waals surface area contributed by atoms with E-state index in [1.54, 1.807) is 12.1 Å². The van der Waals surface area contributed by atoms with Crippen LogP contribution in [0.25, 0.3) is 0 Å². The number of nitro benzene ring substituents is 1. The summed E-state index contributed by atoms with van der Waals surface area (Å²) in [5.41, 5.74) is 0.518. The van der Waals surface area contributed by atoms with Gasteiger partial charge in [-0.2, -0.15) is 0 Å². The predicted molar refractivity (Wildman–Crippen MR) is 80.7 cm³/mol. The van der Waals surface area contributed by atoms with Crippen LogP contribution in [0.1, 0.15) is 34.1 Å². The topological polar surface area (TPSA) is 84.6 Å². The second kappa shape index (κ2) is 5.52. The smallest absolute Gasteiger partial charge is 0.311 e. The maximum Gasteiger partial charge on any atom is 0.311 e. The Balaban J connectivity index is 2.20. The van der Waals surface area contributed by atoms with Crippen molar-refractivity contribution in [1.29, 1.82) is 0 Å². The maximum absolute atomic E-state index is 11.0. The number of hydrogen-bond acceptors (Lipinski definition) is 5. The van der Waals surface area contributed by atoms with E-state index in [-0.39, 0.29) is 35.1 Å². The van der Waals surface area contributed by atoms with E-state index in [1.165, 1.54) is 6.07 Å². The minimum absolute atomic E-state index is 0.0397. The highest BCUT2D eigenvalue weighted by Crippen LogP contribution is 2.43. The Morgan fingerprint density at radius 1 is 1.48 bits per heavy atom. The Kier molecular flexibility index (Phi) is 4.09. The molecule has 1 aromatic rings. The fourth-order valence-electron chi connectivity index (χ4n) is 2.45. The van der Waals surface area contributed by atoms with Crippen LogP contribution in [0.5, 0.6) is 5.75 Å². The lowest BCUT2D eigenvalue weighted by molar-refractivity contribution is -0.386. The van der Waals surface area contributed by atoms with Crippen LogP contribution >= 0.6 is 0 Å². The third kappa shape index (κ3) is 3.10. The Bertz CT molecular complexity index is 542. The quantitative estimate of drug-likeness (QED) is 0.644. The van der Waals surface area contributed by atoms with Crippen molar-refractivity contribution >= 4 is 11.4 Å². The molecule has 1 aliphatic carbocycles. The Hall–Kier alpha value is -1.82. The molecule has 0 amide bonds. The van der Waals surface area contributed by atoms with Gasteiger partial charge in [0, 0.05) is 29.3 Å². The van der Waals surface area contributed by atoms with Gasteiger partial charge in [-0.25, -0.2) is 0 Å². The van der Waals surface area contributed by atoms with Crippen LogP contribution in [-0.2, 0) is 0 Å². The number of aliphatic hydroxyl groups is 1. The van der Waals surface area contributed by atoms with Crippen LogP contribution in [0.2, 0.25) is 0 Å². The van der Waals surface area contributed by atoms with Crippen molar-refractivity contribution in [3.8, 4) is 5.75 Å². The molecule has 0 heterocycles. The molecule has 2 atom stereocenters. The lowest BCUT2D eigenvalue weighted by atomic mass is 9.64. The highest BCUT2D eigenvalue weighted by atomic mass is 16.6. The first kappa shape index (κ1) is 15.6. The fraction of sp³-hybridized carbons (Fsp3) is 0.600. The molecule has 0 aromatic heterocycles. The third-order valence-corrected chi connectivity index (χ3v) is 4.08. The number of benzene rings is 1. The molecule has 2 unspecified atom stereocenters. The molecule has 2 N–H and O–H groups in total. The lowest BCUT2D eigenvalue weighted by Gasteiger charge is -2.49. The standard InChI is InChI=1S/C15H22N2O4/c1-9(2)21-12-7-10(5-6-11(12)17(19)20)16-13-8-14(18)15(13,3)4/h5-7,9,13-14,16,18H,8H2,1-4H3. The summed E-state index contributed by atoms with van der Waals surface area (Å²) >= 11 is 0. The molecule has 2 rings (SSSR count). The van der Waals surface area contributed by atoms with E-state index in [0.717, 1.165) is 5.69 Å². The number of nitro groups is 1. The zero-order chi connectivity index (χ0) is 15.8. The second-order valence-electron chi connectivity index (χ2n) is 6.38. The van der Waals surface area contributed by atoms with E-state index in [4.69, 9.17) is 4.74 Å². The molecule has 1 fully saturated rings. The van der Waals surface area contributed by atoms with Gasteiger partial charge in [-0.1, -0.05) is 13.8 Å². The summed E-state index contributed by atoms with van der Waals surface area (Å²) in [5.74, 6) is 0.262. The van der Waals surface area contributed by atoms with Crippen LogP contribution in [0.15, 0.2) is 18.2 Å². The maximum atomic E-state index is 11.0. The van der Waals surface area contributed by atoms with Crippen molar-refractivity contribution < 1.29 is 14.8 Å². The van der Waals surface area contributed by atoms with Crippen LogP contribution in [0, 0.1) is 15.5 Å². The zero-order valence-corrected chi connectivity index (χ0v) is 12.8. The number of hydrogen-bond donors (Lipinski definition) is 2. The van der Waals surface area contributed by atoms with Crippen molar-refractivity contribution in [3.05, 3.63) is 28.3 Å². The molecule has 6 nitrogen and oxygen atoms in total. The van der Waals surface area contributed by atoms with Crippen LogP contribution < -0.4 is 10.1 Å². The van der Waals surface area contributed by atoms with Gasteiger partial charge < -0.3 is 15.2 Å². The molecule has 1 saturated carbocycles. The zero-order valence-electron chi connectivity index (χ0n) is 12.8. The van der Waals surface area contributed by atoms with Crippen molar-refractivity contribution in [2.75, 3.05) is 5.32 Å². The first-order valence-corrected chi connectivity index (χ1v) is 7.11. The van der Waals surface area contributed by atoms with E-state index in [0.29, 0.717) is 6.42 Å². The highest BCUT2D eigenvalue weighted by molar-refractivity contribution is 5.58. The molecular formula is C15H22N2O4. The van der Waals surface area contributed by atoms with Crippen molar-refractivity contribution in [2.24, 2.45) is 5.41 Å². The lowest BCUT2D eigenvalue weighted by Crippen LogP contribution is -2.56. The number of aliphatic hydroxyl groups excluding tert-OH is 1. The van der Waals surface area contributed by atoms with Gasteiger partial charge in [0.15, 0.2) is 5.75 Å². The normalized spacial score (nSPS) is 23.5. The highest BCUT2D eigenvalue weighted by Gasteiger charge is 2.47. The van der Waals surface area contributed by atoms with Crippen molar-refractivity contribution in [1.82, 2.24) is 0 Å². The van der Waals surface area contributed by atoms with Gasteiger partial charge >= 0.3 is 5.69 Å². The minimum Gasteiger partial charge on any atom is -0.484 e. The van der Waals surface area contributed by atoms with Gasteiger partial charge in [-0.05, 0) is 26.3 Å². The molecule has 6 heteroatoms. The van der Waals surface area contributed by atoms with Gasteiger partial charge in [-0.3, -0.25) is 10.1 Å². The van der Waals surface area contributed by atoms with Crippen LogP contribution in [-0.4, -0.2) is 28.3 Å². The second-order valence-corrected chi connectivity index (χ2v) is 6.38. The predicted octanol–water partition coefficient (Wildman–Crippen LogP) is 2.95. The van der Waals surface area contributed by atoms with Gasteiger partial charge in [0.25, 0.3) is 0 Å². The van der Waals surface area contributed by atoms with E-state index in [9.17, 15) is 15.2 Å². The molecule has 0 spiro atoms. The molecule has 0 radical (unpaired) electrons. The summed E-state index contributed by atoms with van der Waals surface area (Å²) < 4.78 is 5.52. The first-order valence-electron chi connectivity index (χ1n) is 7.11. The molecule has 1 aliphatic rings. The summed E-state index contributed by atoms with van der Waals surface area (Å²) in [6.07, 6.45) is 0.213. The minimum atomic E-state index is -0.446. The number of ether oxygens (including phenoxy) is 1. The summed E-state index contributed by atoms with van der Waals surface area (Å²) in [4.78, 5) is 10.6. The Morgan fingerprint density at radius 2 is 2.14 bits per heavy atom. The summed E-state index contributed by atoms with van der Waals surface area (Å²) in [6.45, 7) is 7.65. The molecule has 0 aliphatic heterocycles. The van der Waals surface area contributed by atoms with Gasteiger partial charge in [0.05, 0.1) is 17.1 Å². The van der Waals surface area contributed by atoms with Crippen molar-refractivity contribution in [2.45, 2.75) is 52.4 Å². The summed E-state index contributed by atoms with van der Waals surface area (Å²) in [7, 11) is 0.